The Balaban J connectivity index is 1.42. The molecule has 3 aromatic rings. The van der Waals surface area contributed by atoms with E-state index in [4.69, 9.17) is 0 Å². The number of nitrogens with zero attached hydrogens (tertiary/aromatic N) is 5. The first-order valence-electron chi connectivity index (χ1n) is 9.24. The molecule has 2 aromatic heterocycles. The van der Waals surface area contributed by atoms with Crippen LogP contribution in [-0.4, -0.2) is 43.6 Å². The van der Waals surface area contributed by atoms with Gasteiger partial charge in [-0.1, -0.05) is 0 Å². The lowest BCUT2D eigenvalue weighted by atomic mass is 9.97. The summed E-state index contributed by atoms with van der Waals surface area (Å²) < 4.78 is 2.67. The molecule has 1 atom stereocenters. The van der Waals surface area contributed by atoms with Crippen molar-refractivity contribution in [2.24, 2.45) is 5.92 Å². The lowest BCUT2D eigenvalue weighted by Crippen LogP contribution is -2.41. The minimum Gasteiger partial charge on any atom is -0.310 e. The molecular weight excluding hydrogens is 440 g/mol. The largest absolute Gasteiger partial charge is 0.310 e. The van der Waals surface area contributed by atoms with Crippen LogP contribution in [0, 0.1) is 16.0 Å². The van der Waals surface area contributed by atoms with Gasteiger partial charge in [-0.25, -0.2) is 4.98 Å². The van der Waals surface area contributed by atoms with Gasteiger partial charge >= 0.3 is 0 Å². The van der Waals surface area contributed by atoms with Crippen LogP contribution in [0.4, 0.5) is 11.5 Å². The van der Waals surface area contributed by atoms with Crippen molar-refractivity contribution in [1.82, 2.24) is 19.7 Å². The molecule has 1 aliphatic heterocycles. The maximum Gasteiger partial charge on any atom is 0.270 e. The number of piperidine rings is 1. The number of benzene rings is 1. The number of rotatable bonds is 5. The van der Waals surface area contributed by atoms with E-state index in [-0.39, 0.29) is 17.5 Å². The standard InChI is InChI=1S/C19H19BrN6O3/c20-15-3-6-18(21-10-15)23-19(27)13-2-1-7-24(11-13)12-25-17-5-4-16(26(28)29)8-14(17)9-22-25/h3-6,8-10,13H,1-2,7,11-12H2,(H,21,23,27)/t13-/m0/s1. The van der Waals surface area contributed by atoms with Crippen LogP contribution in [-0.2, 0) is 11.5 Å². The molecule has 1 aliphatic rings. The van der Waals surface area contributed by atoms with Crippen LogP contribution in [0.2, 0.25) is 0 Å². The molecule has 0 spiro atoms. The van der Waals surface area contributed by atoms with E-state index in [1.807, 2.05) is 10.7 Å². The van der Waals surface area contributed by atoms with Crippen molar-refractivity contribution in [2.75, 3.05) is 18.4 Å². The van der Waals surface area contributed by atoms with Crippen LogP contribution in [0.15, 0.2) is 47.2 Å². The van der Waals surface area contributed by atoms with E-state index in [1.54, 1.807) is 24.5 Å². The zero-order valence-corrected chi connectivity index (χ0v) is 17.1. The summed E-state index contributed by atoms with van der Waals surface area (Å²) in [5, 5.41) is 18.9. The van der Waals surface area contributed by atoms with Crippen molar-refractivity contribution in [1.29, 1.82) is 0 Å². The number of fused-ring (bicyclic) bond motifs is 1. The molecule has 3 heterocycles. The number of nitro groups is 1. The number of likely N-dealkylation sites (tertiary alicyclic amines) is 1. The second-order valence-electron chi connectivity index (χ2n) is 7.05. The first-order valence-corrected chi connectivity index (χ1v) is 10.0. The average molecular weight is 459 g/mol. The normalized spacial score (nSPS) is 17.3. The number of anilines is 1. The lowest BCUT2D eigenvalue weighted by Gasteiger charge is -2.31. The number of halogens is 1. The Morgan fingerprint density at radius 1 is 1.31 bits per heavy atom. The van der Waals surface area contributed by atoms with Gasteiger partial charge in [0.1, 0.15) is 5.82 Å². The molecule has 1 amide bonds. The Hall–Kier alpha value is -2.85. The zero-order valence-electron chi connectivity index (χ0n) is 15.5. The van der Waals surface area contributed by atoms with Crippen molar-refractivity contribution < 1.29 is 9.72 Å². The molecular formula is C19H19BrN6O3. The minimum absolute atomic E-state index is 0.0366. The number of pyridine rings is 1. The van der Waals surface area contributed by atoms with Crippen molar-refractivity contribution in [3.05, 3.63) is 57.3 Å². The van der Waals surface area contributed by atoms with Gasteiger partial charge in [-0.05, 0) is 53.5 Å². The zero-order chi connectivity index (χ0) is 20.4. The van der Waals surface area contributed by atoms with Crippen molar-refractivity contribution >= 4 is 44.2 Å². The SMILES string of the molecule is O=C(Nc1ccc(Br)cn1)[C@H]1CCCN(Cn2ncc3cc([N+](=O)[O-])ccc32)C1. The van der Waals surface area contributed by atoms with Crippen molar-refractivity contribution in [3.63, 3.8) is 0 Å². The van der Waals surface area contributed by atoms with Crippen molar-refractivity contribution in [3.8, 4) is 0 Å². The highest BCUT2D eigenvalue weighted by Crippen LogP contribution is 2.23. The molecule has 0 unspecified atom stereocenters. The Kier molecular flexibility index (Phi) is 5.54. The highest BCUT2D eigenvalue weighted by atomic mass is 79.9. The first kappa shape index (κ1) is 19.5. The molecule has 0 saturated carbocycles. The van der Waals surface area contributed by atoms with Crippen LogP contribution in [0.1, 0.15) is 12.8 Å². The van der Waals surface area contributed by atoms with E-state index >= 15 is 0 Å². The number of carbonyl (C=O) groups excluding carboxylic acids is 1. The topological polar surface area (TPSA) is 106 Å². The average Bonchev–Trinajstić information content (AvgIpc) is 3.12. The summed E-state index contributed by atoms with van der Waals surface area (Å²) in [7, 11) is 0. The van der Waals surface area contributed by atoms with Gasteiger partial charge in [-0.15, -0.1) is 0 Å². The second kappa shape index (κ2) is 8.26. The molecule has 10 heteroatoms. The smallest absolute Gasteiger partial charge is 0.270 e. The fourth-order valence-corrected chi connectivity index (χ4v) is 3.80. The predicted octanol–water partition coefficient (Wildman–Crippen LogP) is 3.41. The van der Waals surface area contributed by atoms with Gasteiger partial charge in [0, 0.05) is 34.7 Å². The lowest BCUT2D eigenvalue weighted by molar-refractivity contribution is -0.384. The summed E-state index contributed by atoms with van der Waals surface area (Å²) in [5.74, 6) is 0.373. The quantitative estimate of drug-likeness (QED) is 0.463. The number of hydrogen-bond acceptors (Lipinski definition) is 6. The number of nitro benzene ring substituents is 1. The molecule has 0 aliphatic carbocycles. The molecule has 150 valence electrons. The van der Waals surface area contributed by atoms with Gasteiger partial charge < -0.3 is 5.32 Å². The van der Waals surface area contributed by atoms with Gasteiger partial charge in [0.25, 0.3) is 5.69 Å². The third-order valence-corrected chi connectivity index (χ3v) is 5.49. The summed E-state index contributed by atoms with van der Waals surface area (Å²) in [6.45, 7) is 2.02. The molecule has 0 radical (unpaired) electrons. The van der Waals surface area contributed by atoms with Crippen LogP contribution in [0.3, 0.4) is 0 Å². The third kappa shape index (κ3) is 4.43. The predicted molar refractivity (Wildman–Crippen MR) is 111 cm³/mol. The molecule has 9 nitrogen and oxygen atoms in total. The molecule has 29 heavy (non-hydrogen) atoms. The van der Waals surface area contributed by atoms with Gasteiger partial charge in [-0.2, -0.15) is 5.10 Å². The van der Waals surface area contributed by atoms with Gasteiger partial charge in [0.2, 0.25) is 5.91 Å². The van der Waals surface area contributed by atoms with Crippen LogP contribution in [0.5, 0.6) is 0 Å². The Morgan fingerprint density at radius 2 is 2.17 bits per heavy atom. The van der Waals surface area contributed by atoms with Gasteiger partial charge in [0.05, 0.1) is 29.2 Å². The fraction of sp³-hybridized carbons (Fsp3) is 0.316. The Morgan fingerprint density at radius 3 is 2.93 bits per heavy atom. The minimum atomic E-state index is -0.412. The number of non-ortho nitro benzene ring substituents is 1. The number of nitrogens with one attached hydrogen (secondary N) is 1. The highest BCUT2D eigenvalue weighted by molar-refractivity contribution is 9.10. The monoisotopic (exact) mass is 458 g/mol. The van der Waals surface area contributed by atoms with E-state index in [0.29, 0.717) is 19.0 Å². The Bertz CT molecular complexity index is 1050. The van der Waals surface area contributed by atoms with Crippen LogP contribution in [0.25, 0.3) is 10.9 Å². The molecule has 1 fully saturated rings. The molecule has 4 rings (SSSR count). The molecule has 1 saturated heterocycles. The fourth-order valence-electron chi connectivity index (χ4n) is 3.57. The summed E-state index contributed by atoms with van der Waals surface area (Å²) in [6, 6.07) is 8.32. The summed E-state index contributed by atoms with van der Waals surface area (Å²) in [5.41, 5.74) is 0.884. The summed E-state index contributed by atoms with van der Waals surface area (Å²) in [6.07, 6.45) is 5.02. The number of carbonyl (C=O) groups is 1. The highest BCUT2D eigenvalue weighted by Gasteiger charge is 2.26. The summed E-state index contributed by atoms with van der Waals surface area (Å²) in [4.78, 5) is 29.5. The van der Waals surface area contributed by atoms with Crippen molar-refractivity contribution in [2.45, 2.75) is 19.5 Å². The van der Waals surface area contributed by atoms with Gasteiger partial charge in [0.15, 0.2) is 0 Å². The van der Waals surface area contributed by atoms with E-state index in [0.717, 1.165) is 34.8 Å². The van der Waals surface area contributed by atoms with Gasteiger partial charge in [-0.3, -0.25) is 24.5 Å². The molecule has 0 bridgehead atoms. The molecule has 1 N–H and O–H groups in total. The molecule has 1 aromatic carbocycles. The van der Waals surface area contributed by atoms with Crippen LogP contribution < -0.4 is 5.32 Å². The maximum absolute atomic E-state index is 12.6. The second-order valence-corrected chi connectivity index (χ2v) is 7.97. The van der Waals surface area contributed by atoms with E-state index < -0.39 is 4.92 Å². The first-order chi connectivity index (χ1) is 14.0. The Labute approximate surface area is 175 Å². The number of aromatic nitrogens is 3. The van der Waals surface area contributed by atoms with E-state index in [2.05, 4.69) is 36.2 Å². The van der Waals surface area contributed by atoms with E-state index in [1.165, 1.54) is 12.1 Å². The van der Waals surface area contributed by atoms with Crippen LogP contribution >= 0.6 is 15.9 Å². The number of amides is 1. The maximum atomic E-state index is 12.6. The number of hydrogen-bond donors (Lipinski definition) is 1. The third-order valence-electron chi connectivity index (χ3n) is 5.03. The van der Waals surface area contributed by atoms with E-state index in [9.17, 15) is 14.9 Å². The summed E-state index contributed by atoms with van der Waals surface area (Å²) >= 11 is 3.33.